The Morgan fingerprint density at radius 2 is 2.18 bits per heavy atom. The van der Waals surface area contributed by atoms with Crippen LogP contribution >= 0.6 is 39.5 Å². The van der Waals surface area contributed by atoms with Crippen LogP contribution in [0.1, 0.15) is 30.6 Å². The van der Waals surface area contributed by atoms with Crippen LogP contribution in [0.3, 0.4) is 0 Å². The fourth-order valence-corrected chi connectivity index (χ4v) is 3.84. The maximum atomic E-state index is 5.28. The highest BCUT2D eigenvalue weighted by molar-refractivity contribution is 9.11. The van der Waals surface area contributed by atoms with Crippen molar-refractivity contribution >= 4 is 44.6 Å². The Kier molecular flexibility index (Phi) is 5.25. The number of halogens is 1. The van der Waals surface area contributed by atoms with Gasteiger partial charge >= 0.3 is 0 Å². The summed E-state index contributed by atoms with van der Waals surface area (Å²) in [5.74, 6) is 0. The molecule has 0 amide bonds. The third-order valence-electron chi connectivity index (χ3n) is 2.98. The van der Waals surface area contributed by atoms with Crippen molar-refractivity contribution < 1.29 is 0 Å². The van der Waals surface area contributed by atoms with Crippen LogP contribution in [0, 0.1) is 0 Å². The molecule has 0 radical (unpaired) electrons. The van der Waals surface area contributed by atoms with Crippen LogP contribution in [0.4, 0.5) is 0 Å². The van der Waals surface area contributed by atoms with Crippen LogP contribution < -0.4 is 10.6 Å². The van der Waals surface area contributed by atoms with Gasteiger partial charge in [-0.15, -0.1) is 11.3 Å². The van der Waals surface area contributed by atoms with E-state index in [2.05, 4.69) is 38.7 Å². The molecule has 5 heteroatoms. The summed E-state index contributed by atoms with van der Waals surface area (Å²) in [6, 6.07) is 4.85. The van der Waals surface area contributed by atoms with Crippen LogP contribution in [0.5, 0.6) is 0 Å². The minimum absolute atomic E-state index is 0.603. The van der Waals surface area contributed by atoms with Gasteiger partial charge < -0.3 is 10.6 Å². The van der Waals surface area contributed by atoms with Gasteiger partial charge in [0.15, 0.2) is 5.11 Å². The molecule has 1 fully saturated rings. The lowest BCUT2D eigenvalue weighted by atomic mass is 10.2. The van der Waals surface area contributed by atoms with Crippen molar-refractivity contribution in [3.8, 4) is 0 Å². The third-order valence-corrected chi connectivity index (χ3v) is 4.92. The summed E-state index contributed by atoms with van der Waals surface area (Å²) in [7, 11) is 0. The number of nitrogens with one attached hydrogen (secondary N) is 2. The summed E-state index contributed by atoms with van der Waals surface area (Å²) in [6.07, 6.45) is 6.23. The zero-order valence-corrected chi connectivity index (χ0v) is 12.9. The van der Waals surface area contributed by atoms with Crippen molar-refractivity contribution in [1.82, 2.24) is 10.6 Å². The van der Waals surface area contributed by atoms with E-state index in [-0.39, 0.29) is 0 Å². The molecule has 0 bridgehead atoms. The molecule has 0 saturated heterocycles. The average molecular weight is 333 g/mol. The lowest BCUT2D eigenvalue weighted by Gasteiger charge is -2.15. The van der Waals surface area contributed by atoms with Crippen LogP contribution in [-0.2, 0) is 6.42 Å². The molecule has 1 heterocycles. The van der Waals surface area contributed by atoms with Crippen molar-refractivity contribution in [1.29, 1.82) is 0 Å². The zero-order valence-electron chi connectivity index (χ0n) is 9.67. The van der Waals surface area contributed by atoms with E-state index in [0.717, 1.165) is 18.1 Å². The molecule has 1 saturated carbocycles. The molecule has 1 aliphatic rings. The Morgan fingerprint density at radius 1 is 1.41 bits per heavy atom. The van der Waals surface area contributed by atoms with E-state index in [1.165, 1.54) is 34.3 Å². The van der Waals surface area contributed by atoms with Crippen LogP contribution in [-0.4, -0.2) is 17.7 Å². The molecule has 1 aromatic heterocycles. The minimum Gasteiger partial charge on any atom is -0.362 e. The van der Waals surface area contributed by atoms with Gasteiger partial charge in [0.25, 0.3) is 0 Å². The van der Waals surface area contributed by atoms with Crippen LogP contribution in [0.15, 0.2) is 15.9 Å². The fourth-order valence-electron chi connectivity index (χ4n) is 2.09. The highest BCUT2D eigenvalue weighted by atomic mass is 79.9. The number of thiocarbonyl (C=S) groups is 1. The van der Waals surface area contributed by atoms with E-state index in [9.17, 15) is 0 Å². The fraction of sp³-hybridized carbons (Fsp3) is 0.583. The standard InChI is InChI=1S/C12H17BrN2S2/c13-11-6-5-10(17-11)7-8-14-12(16)15-9-3-1-2-4-9/h5-6,9H,1-4,7-8H2,(H2,14,15,16). The lowest BCUT2D eigenvalue weighted by molar-refractivity contribution is 0.621. The number of thiophene rings is 1. The lowest BCUT2D eigenvalue weighted by Crippen LogP contribution is -2.41. The minimum atomic E-state index is 0.603. The Labute approximate surface area is 120 Å². The molecule has 0 aliphatic heterocycles. The summed E-state index contributed by atoms with van der Waals surface area (Å²) < 4.78 is 1.19. The molecule has 1 aromatic rings. The largest absolute Gasteiger partial charge is 0.362 e. The Balaban J connectivity index is 1.62. The zero-order chi connectivity index (χ0) is 12.1. The Bertz CT molecular complexity index is 372. The van der Waals surface area contributed by atoms with Crippen LogP contribution in [0.2, 0.25) is 0 Å². The second-order valence-electron chi connectivity index (χ2n) is 4.34. The van der Waals surface area contributed by atoms with E-state index in [0.29, 0.717) is 6.04 Å². The molecular formula is C12H17BrN2S2. The van der Waals surface area contributed by atoms with Crippen molar-refractivity contribution in [2.45, 2.75) is 38.1 Å². The number of rotatable bonds is 4. The summed E-state index contributed by atoms with van der Waals surface area (Å²) in [4.78, 5) is 1.38. The maximum Gasteiger partial charge on any atom is 0.166 e. The highest BCUT2D eigenvalue weighted by Gasteiger charge is 2.14. The molecule has 0 spiro atoms. The van der Waals surface area contributed by atoms with Gasteiger partial charge in [-0.05, 0) is 59.5 Å². The van der Waals surface area contributed by atoms with E-state index in [1.54, 1.807) is 11.3 Å². The monoisotopic (exact) mass is 332 g/mol. The summed E-state index contributed by atoms with van der Waals surface area (Å²) >= 11 is 10.5. The molecule has 2 N–H and O–H groups in total. The second kappa shape index (κ2) is 6.71. The molecule has 2 nitrogen and oxygen atoms in total. The van der Waals surface area contributed by atoms with Gasteiger partial charge in [0.2, 0.25) is 0 Å². The molecular weight excluding hydrogens is 316 g/mol. The molecule has 2 rings (SSSR count). The Morgan fingerprint density at radius 3 is 2.82 bits per heavy atom. The van der Waals surface area contributed by atoms with E-state index < -0.39 is 0 Å². The van der Waals surface area contributed by atoms with E-state index in [1.807, 2.05) is 0 Å². The van der Waals surface area contributed by atoms with Gasteiger partial charge in [0, 0.05) is 17.5 Å². The topological polar surface area (TPSA) is 24.1 Å². The molecule has 0 atom stereocenters. The second-order valence-corrected chi connectivity index (χ2v) is 7.29. The van der Waals surface area contributed by atoms with Gasteiger partial charge in [0.05, 0.1) is 3.79 Å². The van der Waals surface area contributed by atoms with Crippen molar-refractivity contribution in [3.63, 3.8) is 0 Å². The molecule has 1 aliphatic carbocycles. The normalized spacial score (nSPS) is 16.1. The summed E-state index contributed by atoms with van der Waals surface area (Å²) in [5, 5.41) is 7.48. The molecule has 0 aromatic carbocycles. The Hall–Kier alpha value is -0.130. The molecule has 94 valence electrons. The van der Waals surface area contributed by atoms with Gasteiger partial charge in [-0.1, -0.05) is 12.8 Å². The number of hydrogen-bond acceptors (Lipinski definition) is 2. The van der Waals surface area contributed by atoms with Crippen molar-refractivity contribution in [2.75, 3.05) is 6.54 Å². The number of hydrogen-bond donors (Lipinski definition) is 2. The van der Waals surface area contributed by atoms with Gasteiger partial charge in [-0.2, -0.15) is 0 Å². The SMILES string of the molecule is S=C(NCCc1ccc(Br)s1)NC1CCCC1. The molecule has 0 unspecified atom stereocenters. The summed E-state index contributed by atoms with van der Waals surface area (Å²) in [5.41, 5.74) is 0. The van der Waals surface area contributed by atoms with E-state index in [4.69, 9.17) is 12.2 Å². The first-order chi connectivity index (χ1) is 8.24. The van der Waals surface area contributed by atoms with Crippen LogP contribution in [0.25, 0.3) is 0 Å². The predicted molar refractivity (Wildman–Crippen MR) is 81.7 cm³/mol. The van der Waals surface area contributed by atoms with Gasteiger partial charge in [-0.25, -0.2) is 0 Å². The smallest absolute Gasteiger partial charge is 0.166 e. The van der Waals surface area contributed by atoms with Gasteiger partial charge in [0.1, 0.15) is 0 Å². The van der Waals surface area contributed by atoms with E-state index >= 15 is 0 Å². The summed E-state index contributed by atoms with van der Waals surface area (Å²) in [6.45, 7) is 0.908. The molecule has 17 heavy (non-hydrogen) atoms. The first-order valence-corrected chi connectivity index (χ1v) is 8.04. The van der Waals surface area contributed by atoms with Crippen molar-refractivity contribution in [2.24, 2.45) is 0 Å². The average Bonchev–Trinajstić information content (AvgIpc) is 2.90. The predicted octanol–water partition coefficient (Wildman–Crippen LogP) is 3.46. The van der Waals surface area contributed by atoms with Crippen molar-refractivity contribution in [3.05, 3.63) is 20.8 Å². The van der Waals surface area contributed by atoms with Gasteiger partial charge in [-0.3, -0.25) is 0 Å². The third kappa shape index (κ3) is 4.56. The first-order valence-electron chi connectivity index (χ1n) is 6.02. The maximum absolute atomic E-state index is 5.28. The first kappa shape index (κ1) is 13.3. The quantitative estimate of drug-likeness (QED) is 0.825. The highest BCUT2D eigenvalue weighted by Crippen LogP contribution is 2.22.